The van der Waals surface area contributed by atoms with Gasteiger partial charge in [0.15, 0.2) is 17.5 Å². The monoisotopic (exact) mass is 398 g/mol. The van der Waals surface area contributed by atoms with E-state index in [0.717, 1.165) is 17.2 Å². The van der Waals surface area contributed by atoms with Crippen molar-refractivity contribution in [3.05, 3.63) is 95.3 Å². The summed E-state index contributed by atoms with van der Waals surface area (Å²) in [4.78, 5) is 24.0. The van der Waals surface area contributed by atoms with Crippen LogP contribution in [0.15, 0.2) is 66.7 Å². The summed E-state index contributed by atoms with van der Waals surface area (Å²) in [5.74, 6) is -5.86. The van der Waals surface area contributed by atoms with Crippen LogP contribution < -0.4 is 10.6 Å². The van der Waals surface area contributed by atoms with E-state index in [1.165, 1.54) is 0 Å². The number of halogens is 3. The van der Waals surface area contributed by atoms with Crippen molar-refractivity contribution in [1.29, 1.82) is 0 Å². The average molecular weight is 398 g/mol. The quantitative estimate of drug-likeness (QED) is 0.488. The number of rotatable bonds is 6. The van der Waals surface area contributed by atoms with Gasteiger partial charge in [-0.05, 0) is 35.4 Å². The van der Waals surface area contributed by atoms with E-state index in [1.807, 2.05) is 42.5 Å². The maximum Gasteiger partial charge on any atom is 0.254 e. The van der Waals surface area contributed by atoms with Crippen molar-refractivity contribution in [3.63, 3.8) is 0 Å². The fourth-order valence-corrected chi connectivity index (χ4v) is 2.70. The maximum atomic E-state index is 13.6. The summed E-state index contributed by atoms with van der Waals surface area (Å²) in [5, 5.41) is 4.96. The summed E-state index contributed by atoms with van der Waals surface area (Å²) in [6.07, 6.45) is 0. The van der Waals surface area contributed by atoms with Crippen LogP contribution in [0.3, 0.4) is 0 Å². The molecule has 3 aromatic rings. The molecule has 3 rings (SSSR count). The van der Waals surface area contributed by atoms with E-state index in [4.69, 9.17) is 0 Å². The van der Waals surface area contributed by atoms with Gasteiger partial charge < -0.3 is 10.6 Å². The van der Waals surface area contributed by atoms with Gasteiger partial charge >= 0.3 is 0 Å². The molecule has 0 aromatic heterocycles. The molecular formula is C22H17F3N2O2. The molecule has 0 radical (unpaired) electrons. The third-order valence-electron chi connectivity index (χ3n) is 4.23. The van der Waals surface area contributed by atoms with Crippen molar-refractivity contribution >= 4 is 11.8 Å². The average Bonchev–Trinajstić information content (AvgIpc) is 2.75. The summed E-state index contributed by atoms with van der Waals surface area (Å²) in [7, 11) is 0. The highest BCUT2D eigenvalue weighted by Crippen LogP contribution is 2.19. The number of benzene rings is 3. The fraction of sp³-hybridized carbons (Fsp3) is 0.0909. The molecule has 29 heavy (non-hydrogen) atoms. The lowest BCUT2D eigenvalue weighted by Crippen LogP contribution is -2.35. The molecule has 0 aliphatic carbocycles. The van der Waals surface area contributed by atoms with Gasteiger partial charge in [-0.2, -0.15) is 0 Å². The highest BCUT2D eigenvalue weighted by atomic mass is 19.2. The summed E-state index contributed by atoms with van der Waals surface area (Å²) >= 11 is 0. The van der Waals surface area contributed by atoms with Gasteiger partial charge in [-0.3, -0.25) is 9.59 Å². The van der Waals surface area contributed by atoms with Gasteiger partial charge in [0.2, 0.25) is 0 Å². The lowest BCUT2D eigenvalue weighted by molar-refractivity contribution is 0.0924. The third-order valence-corrected chi connectivity index (χ3v) is 4.23. The first-order valence-electron chi connectivity index (χ1n) is 8.83. The molecule has 0 fully saturated rings. The van der Waals surface area contributed by atoms with Gasteiger partial charge in [-0.1, -0.05) is 42.5 Å². The molecule has 3 aromatic carbocycles. The molecule has 0 heterocycles. The number of carbonyl (C=O) groups excluding carboxylic acids is 2. The number of hydrogen-bond acceptors (Lipinski definition) is 2. The smallest absolute Gasteiger partial charge is 0.254 e. The summed E-state index contributed by atoms with van der Waals surface area (Å²) in [5.41, 5.74) is 1.85. The third kappa shape index (κ3) is 4.82. The van der Waals surface area contributed by atoms with Crippen LogP contribution in [0.5, 0.6) is 0 Å². The molecule has 0 unspecified atom stereocenters. The van der Waals surface area contributed by atoms with Crippen molar-refractivity contribution in [3.8, 4) is 11.1 Å². The van der Waals surface area contributed by atoms with Gasteiger partial charge in [0.25, 0.3) is 11.8 Å². The Balaban J connectivity index is 1.50. The summed E-state index contributed by atoms with van der Waals surface area (Å²) in [6, 6.07) is 18.3. The van der Waals surface area contributed by atoms with Crippen molar-refractivity contribution in [1.82, 2.24) is 10.6 Å². The maximum absolute atomic E-state index is 13.6. The van der Waals surface area contributed by atoms with Crippen molar-refractivity contribution in [2.75, 3.05) is 13.1 Å². The zero-order chi connectivity index (χ0) is 20.8. The van der Waals surface area contributed by atoms with Gasteiger partial charge in [-0.15, -0.1) is 0 Å². The van der Waals surface area contributed by atoms with Gasteiger partial charge in [0.05, 0.1) is 5.56 Å². The number of carbonyl (C=O) groups is 2. The molecule has 0 aliphatic heterocycles. The van der Waals surface area contributed by atoms with Crippen molar-refractivity contribution < 1.29 is 22.8 Å². The molecule has 2 N–H and O–H groups in total. The molecule has 2 amide bonds. The first kappa shape index (κ1) is 20.1. The Morgan fingerprint density at radius 1 is 0.655 bits per heavy atom. The van der Waals surface area contributed by atoms with Crippen LogP contribution in [0.4, 0.5) is 13.2 Å². The Bertz CT molecular complexity index is 1020. The lowest BCUT2D eigenvalue weighted by Gasteiger charge is -2.09. The highest BCUT2D eigenvalue weighted by Gasteiger charge is 2.18. The number of amides is 2. The van der Waals surface area contributed by atoms with Crippen molar-refractivity contribution in [2.45, 2.75) is 0 Å². The van der Waals surface area contributed by atoms with Crippen LogP contribution in [0.2, 0.25) is 0 Å². The first-order chi connectivity index (χ1) is 14.0. The predicted molar refractivity (Wildman–Crippen MR) is 103 cm³/mol. The van der Waals surface area contributed by atoms with Gasteiger partial charge in [-0.25, -0.2) is 13.2 Å². The first-order valence-corrected chi connectivity index (χ1v) is 8.83. The van der Waals surface area contributed by atoms with E-state index in [0.29, 0.717) is 11.6 Å². The Hall–Kier alpha value is -3.61. The Kier molecular flexibility index (Phi) is 6.29. The minimum Gasteiger partial charge on any atom is -0.350 e. The van der Waals surface area contributed by atoms with Crippen molar-refractivity contribution in [2.24, 2.45) is 0 Å². The summed E-state index contributed by atoms with van der Waals surface area (Å²) in [6.45, 7) is 0.0708. The molecule has 0 aliphatic rings. The van der Waals surface area contributed by atoms with E-state index in [1.54, 1.807) is 12.1 Å². The second-order valence-corrected chi connectivity index (χ2v) is 6.18. The highest BCUT2D eigenvalue weighted by molar-refractivity contribution is 5.95. The molecule has 0 spiro atoms. The molecule has 0 saturated heterocycles. The van der Waals surface area contributed by atoms with Crippen LogP contribution in [-0.4, -0.2) is 24.9 Å². The number of hydrogen-bond donors (Lipinski definition) is 2. The Morgan fingerprint density at radius 2 is 1.24 bits per heavy atom. The largest absolute Gasteiger partial charge is 0.350 e. The standard InChI is InChI=1S/C22H17F3N2O2/c23-18-11-10-17(19(24)20(18)25)22(29)27-13-12-26-21(28)16-8-6-15(7-9-16)14-4-2-1-3-5-14/h1-11H,12-13H2,(H,26,28)(H,27,29). The molecule has 148 valence electrons. The Labute approximate surface area is 165 Å². The van der Waals surface area contributed by atoms with Crippen LogP contribution in [0.25, 0.3) is 11.1 Å². The zero-order valence-corrected chi connectivity index (χ0v) is 15.2. The normalized spacial score (nSPS) is 10.4. The zero-order valence-electron chi connectivity index (χ0n) is 15.2. The predicted octanol–water partition coefficient (Wildman–Crippen LogP) is 3.93. The molecule has 7 heteroatoms. The molecule has 0 bridgehead atoms. The van der Waals surface area contributed by atoms with E-state index in [9.17, 15) is 22.8 Å². The van der Waals surface area contributed by atoms with E-state index in [-0.39, 0.29) is 19.0 Å². The van der Waals surface area contributed by atoms with Crippen LogP contribution in [0.1, 0.15) is 20.7 Å². The van der Waals surface area contributed by atoms with Gasteiger partial charge in [0, 0.05) is 18.7 Å². The molecular weight excluding hydrogens is 381 g/mol. The molecule has 0 atom stereocenters. The fourth-order valence-electron chi connectivity index (χ4n) is 2.70. The van der Waals surface area contributed by atoms with E-state index < -0.39 is 28.9 Å². The second-order valence-electron chi connectivity index (χ2n) is 6.18. The molecule has 0 saturated carbocycles. The topological polar surface area (TPSA) is 58.2 Å². The van der Waals surface area contributed by atoms with Crippen LogP contribution in [-0.2, 0) is 0 Å². The van der Waals surface area contributed by atoms with Crippen LogP contribution in [0, 0.1) is 17.5 Å². The SMILES string of the molecule is O=C(NCCNC(=O)c1ccc(F)c(F)c1F)c1ccc(-c2ccccc2)cc1. The van der Waals surface area contributed by atoms with Gasteiger partial charge in [0.1, 0.15) is 0 Å². The number of nitrogens with one attached hydrogen (secondary N) is 2. The van der Waals surface area contributed by atoms with E-state index >= 15 is 0 Å². The summed E-state index contributed by atoms with van der Waals surface area (Å²) < 4.78 is 39.7. The lowest BCUT2D eigenvalue weighted by atomic mass is 10.0. The van der Waals surface area contributed by atoms with Crippen LogP contribution >= 0.6 is 0 Å². The van der Waals surface area contributed by atoms with E-state index in [2.05, 4.69) is 10.6 Å². The second kappa shape index (κ2) is 9.05. The minimum atomic E-state index is -1.70. The molecule has 4 nitrogen and oxygen atoms in total. The Morgan fingerprint density at radius 3 is 1.90 bits per heavy atom. The minimum absolute atomic E-state index is 0.00882.